The number of rotatable bonds is 4. The van der Waals surface area contributed by atoms with Crippen molar-refractivity contribution in [2.24, 2.45) is 0 Å². The maximum absolute atomic E-state index is 11.8. The van der Waals surface area contributed by atoms with Crippen molar-refractivity contribution in [1.29, 1.82) is 0 Å². The van der Waals surface area contributed by atoms with Gasteiger partial charge in [-0.3, -0.25) is 10.1 Å². The van der Waals surface area contributed by atoms with Gasteiger partial charge >= 0.3 is 12.0 Å². The van der Waals surface area contributed by atoms with Crippen LogP contribution in [0.4, 0.5) is 10.5 Å². The lowest BCUT2D eigenvalue weighted by Crippen LogP contribution is -2.44. The number of carbonyl (C=O) groups excluding carboxylic acids is 2. The van der Waals surface area contributed by atoms with Crippen molar-refractivity contribution in [3.05, 3.63) is 29.3 Å². The van der Waals surface area contributed by atoms with Gasteiger partial charge in [0.1, 0.15) is 0 Å². The van der Waals surface area contributed by atoms with E-state index < -0.39 is 17.9 Å². The Bertz CT molecular complexity index is 586. The minimum absolute atomic E-state index is 0.0210. The Labute approximate surface area is 121 Å². The third kappa shape index (κ3) is 3.50. The normalized spacial score (nSPS) is 12.7. The summed E-state index contributed by atoms with van der Waals surface area (Å²) in [6, 6.07) is 4.35. The molecule has 0 aromatic heterocycles. The number of nitrogens with one attached hydrogen (secondary N) is 2. The number of urea groups is 1. The summed E-state index contributed by atoms with van der Waals surface area (Å²) in [6.45, 7) is 2.84. The van der Waals surface area contributed by atoms with Crippen molar-refractivity contribution in [3.8, 4) is 0 Å². The number of aromatic carboxylic acids is 1. The number of imide groups is 1. The Morgan fingerprint density at radius 2 is 2.10 bits per heavy atom. The van der Waals surface area contributed by atoms with Crippen LogP contribution in [0.3, 0.4) is 0 Å². The molecule has 0 atom stereocenters. The molecular formula is C14H17N3O4. The minimum atomic E-state index is -1.00. The van der Waals surface area contributed by atoms with E-state index in [1.807, 2.05) is 0 Å². The summed E-state index contributed by atoms with van der Waals surface area (Å²) in [6.07, 6.45) is 0.754. The minimum Gasteiger partial charge on any atom is -0.478 e. The van der Waals surface area contributed by atoms with Crippen LogP contribution in [0, 0.1) is 0 Å². The second-order valence-electron chi connectivity index (χ2n) is 4.73. The maximum Gasteiger partial charge on any atom is 0.335 e. The molecule has 21 heavy (non-hydrogen) atoms. The SMILES string of the molecule is CCNC(=O)NC(=O)CN1CCc2ccc(C(=O)O)cc21. The first kappa shape index (κ1) is 14.8. The van der Waals surface area contributed by atoms with Crippen LogP contribution >= 0.6 is 0 Å². The van der Waals surface area contributed by atoms with Gasteiger partial charge in [0.2, 0.25) is 5.91 Å². The van der Waals surface area contributed by atoms with Crippen LogP contribution in [0.25, 0.3) is 0 Å². The number of amides is 3. The Morgan fingerprint density at radius 1 is 1.33 bits per heavy atom. The molecule has 0 spiro atoms. The highest BCUT2D eigenvalue weighted by Gasteiger charge is 2.23. The van der Waals surface area contributed by atoms with E-state index in [9.17, 15) is 14.4 Å². The molecule has 1 aromatic rings. The van der Waals surface area contributed by atoms with E-state index in [2.05, 4.69) is 10.6 Å². The monoisotopic (exact) mass is 291 g/mol. The lowest BCUT2D eigenvalue weighted by atomic mass is 10.1. The van der Waals surface area contributed by atoms with E-state index in [1.165, 1.54) is 0 Å². The number of fused-ring (bicyclic) bond motifs is 1. The summed E-state index contributed by atoms with van der Waals surface area (Å²) < 4.78 is 0. The van der Waals surface area contributed by atoms with Crippen molar-refractivity contribution < 1.29 is 19.5 Å². The second kappa shape index (κ2) is 6.25. The van der Waals surface area contributed by atoms with E-state index in [0.717, 1.165) is 17.7 Å². The van der Waals surface area contributed by atoms with Gasteiger partial charge in [-0.15, -0.1) is 0 Å². The first-order chi connectivity index (χ1) is 10.0. The Morgan fingerprint density at radius 3 is 2.76 bits per heavy atom. The molecule has 7 heteroatoms. The largest absolute Gasteiger partial charge is 0.478 e. The van der Waals surface area contributed by atoms with Crippen molar-refractivity contribution in [2.45, 2.75) is 13.3 Å². The van der Waals surface area contributed by atoms with Crippen molar-refractivity contribution in [1.82, 2.24) is 10.6 Å². The molecule has 3 N–H and O–H groups in total. The zero-order valence-corrected chi connectivity index (χ0v) is 11.7. The van der Waals surface area contributed by atoms with Gasteiger partial charge in [0, 0.05) is 18.8 Å². The van der Waals surface area contributed by atoms with Gasteiger partial charge in [-0.2, -0.15) is 0 Å². The quantitative estimate of drug-likeness (QED) is 0.754. The maximum atomic E-state index is 11.8. The number of anilines is 1. The summed E-state index contributed by atoms with van der Waals surface area (Å²) in [5, 5.41) is 13.7. The standard InChI is InChI=1S/C14H17N3O4/c1-2-15-14(21)16-12(18)8-17-6-5-9-3-4-10(13(19)20)7-11(9)17/h3-4,7H,2,5-6,8H2,1H3,(H,19,20)(H2,15,16,18,21). The van der Waals surface area contributed by atoms with Crippen LogP contribution in [0.5, 0.6) is 0 Å². The fourth-order valence-electron chi connectivity index (χ4n) is 2.29. The molecule has 0 fully saturated rings. The zero-order valence-electron chi connectivity index (χ0n) is 11.7. The average Bonchev–Trinajstić information content (AvgIpc) is 2.81. The second-order valence-corrected chi connectivity index (χ2v) is 4.73. The molecule has 1 heterocycles. The van der Waals surface area contributed by atoms with E-state index in [4.69, 9.17) is 5.11 Å². The lowest BCUT2D eigenvalue weighted by molar-refractivity contribution is -0.118. The molecular weight excluding hydrogens is 274 g/mol. The summed E-state index contributed by atoms with van der Waals surface area (Å²) in [5.74, 6) is -1.43. The topological polar surface area (TPSA) is 98.7 Å². The molecule has 0 unspecified atom stereocenters. The van der Waals surface area contributed by atoms with E-state index >= 15 is 0 Å². The number of hydrogen-bond acceptors (Lipinski definition) is 4. The number of benzene rings is 1. The van der Waals surface area contributed by atoms with Gasteiger partial charge in [0.05, 0.1) is 12.1 Å². The van der Waals surface area contributed by atoms with E-state index in [-0.39, 0.29) is 12.1 Å². The van der Waals surface area contributed by atoms with Gasteiger partial charge in [0.15, 0.2) is 0 Å². The van der Waals surface area contributed by atoms with Gasteiger partial charge in [-0.25, -0.2) is 9.59 Å². The van der Waals surface area contributed by atoms with Crippen LogP contribution < -0.4 is 15.5 Å². The predicted molar refractivity (Wildman–Crippen MR) is 76.5 cm³/mol. The van der Waals surface area contributed by atoms with Crippen molar-refractivity contribution in [3.63, 3.8) is 0 Å². The average molecular weight is 291 g/mol. The van der Waals surface area contributed by atoms with E-state index in [0.29, 0.717) is 13.1 Å². The van der Waals surface area contributed by atoms with Crippen LogP contribution in [-0.2, 0) is 11.2 Å². The number of carbonyl (C=O) groups is 3. The molecule has 1 aliphatic heterocycles. The number of carboxylic acids is 1. The van der Waals surface area contributed by atoms with Crippen LogP contribution in [0.2, 0.25) is 0 Å². The highest BCUT2D eigenvalue weighted by molar-refractivity contribution is 5.97. The summed E-state index contributed by atoms with van der Waals surface area (Å²) in [7, 11) is 0. The van der Waals surface area contributed by atoms with Gasteiger partial charge < -0.3 is 15.3 Å². The first-order valence-corrected chi connectivity index (χ1v) is 6.70. The smallest absolute Gasteiger partial charge is 0.335 e. The van der Waals surface area contributed by atoms with E-state index in [1.54, 1.807) is 30.0 Å². The van der Waals surface area contributed by atoms with Gasteiger partial charge in [0.25, 0.3) is 0 Å². The number of nitrogens with zero attached hydrogens (tertiary/aromatic N) is 1. The van der Waals surface area contributed by atoms with Gasteiger partial charge in [-0.05, 0) is 31.0 Å². The predicted octanol–water partition coefficient (Wildman–Crippen LogP) is 0.593. The molecule has 0 saturated carbocycles. The van der Waals surface area contributed by atoms with Crippen molar-refractivity contribution >= 4 is 23.6 Å². The zero-order chi connectivity index (χ0) is 15.4. The molecule has 1 aliphatic rings. The van der Waals surface area contributed by atoms with Crippen molar-refractivity contribution in [2.75, 3.05) is 24.5 Å². The van der Waals surface area contributed by atoms with Crippen LogP contribution in [-0.4, -0.2) is 42.6 Å². The highest BCUT2D eigenvalue weighted by atomic mass is 16.4. The fraction of sp³-hybridized carbons (Fsp3) is 0.357. The molecule has 0 aliphatic carbocycles. The summed E-state index contributed by atoms with van der Waals surface area (Å²) in [5.41, 5.74) is 1.93. The molecule has 2 rings (SSSR count). The third-order valence-corrected chi connectivity index (χ3v) is 3.25. The molecule has 3 amide bonds. The molecule has 112 valence electrons. The number of carboxylic acid groups (broad SMARTS) is 1. The Hall–Kier alpha value is -2.57. The Kier molecular flexibility index (Phi) is 4.42. The molecule has 0 bridgehead atoms. The Balaban J connectivity index is 2.05. The highest BCUT2D eigenvalue weighted by Crippen LogP contribution is 2.28. The lowest BCUT2D eigenvalue weighted by Gasteiger charge is -2.18. The molecule has 7 nitrogen and oxygen atoms in total. The molecule has 0 saturated heterocycles. The molecule has 0 radical (unpaired) electrons. The summed E-state index contributed by atoms with van der Waals surface area (Å²) in [4.78, 5) is 35.8. The fourth-order valence-corrected chi connectivity index (χ4v) is 2.29. The van der Waals surface area contributed by atoms with Crippen LogP contribution in [0.15, 0.2) is 18.2 Å². The molecule has 1 aromatic carbocycles. The van der Waals surface area contributed by atoms with Crippen LogP contribution in [0.1, 0.15) is 22.8 Å². The summed E-state index contributed by atoms with van der Waals surface area (Å²) >= 11 is 0. The number of hydrogen-bond donors (Lipinski definition) is 3. The third-order valence-electron chi connectivity index (χ3n) is 3.25. The first-order valence-electron chi connectivity index (χ1n) is 6.70. The van der Waals surface area contributed by atoms with Gasteiger partial charge in [-0.1, -0.05) is 6.07 Å².